The van der Waals surface area contributed by atoms with Crippen LogP contribution in [0.15, 0.2) is 6.07 Å². The number of nitrogens with one attached hydrogen (secondary N) is 1. The molecule has 1 N–H and O–H groups in total. The van der Waals surface area contributed by atoms with Crippen molar-refractivity contribution in [3.63, 3.8) is 0 Å². The SMILES string of the molecule is COc1cc(OC)nc(N2CCCC(NC(C)=O)C2)n1. The van der Waals surface area contributed by atoms with Gasteiger partial charge in [-0.05, 0) is 12.8 Å². The minimum Gasteiger partial charge on any atom is -0.481 e. The number of carbonyl (C=O) groups is 1. The van der Waals surface area contributed by atoms with Crippen LogP contribution in [0.3, 0.4) is 0 Å². The first-order chi connectivity index (χ1) is 9.62. The molecule has 0 bridgehead atoms. The van der Waals surface area contributed by atoms with Crippen molar-refractivity contribution in [2.75, 3.05) is 32.2 Å². The summed E-state index contributed by atoms with van der Waals surface area (Å²) >= 11 is 0. The molecule has 1 aromatic rings. The van der Waals surface area contributed by atoms with Gasteiger partial charge in [0.2, 0.25) is 23.6 Å². The number of anilines is 1. The van der Waals surface area contributed by atoms with Crippen molar-refractivity contribution in [3.05, 3.63) is 6.07 Å². The summed E-state index contributed by atoms with van der Waals surface area (Å²) in [5, 5.41) is 2.94. The lowest BCUT2D eigenvalue weighted by Crippen LogP contribution is -2.47. The molecule has 1 aliphatic heterocycles. The molecular formula is C13H20N4O3. The Balaban J connectivity index is 2.15. The summed E-state index contributed by atoms with van der Waals surface area (Å²) in [6, 6.07) is 1.76. The van der Waals surface area contributed by atoms with Crippen molar-refractivity contribution < 1.29 is 14.3 Å². The highest BCUT2D eigenvalue weighted by atomic mass is 16.5. The van der Waals surface area contributed by atoms with Crippen LogP contribution in [-0.4, -0.2) is 49.2 Å². The van der Waals surface area contributed by atoms with Gasteiger partial charge in [-0.15, -0.1) is 0 Å². The maximum absolute atomic E-state index is 11.2. The topological polar surface area (TPSA) is 76.6 Å². The maximum atomic E-state index is 11.2. The summed E-state index contributed by atoms with van der Waals surface area (Å²) in [7, 11) is 3.11. The number of ether oxygens (including phenoxy) is 2. The van der Waals surface area contributed by atoms with E-state index < -0.39 is 0 Å². The summed E-state index contributed by atoms with van der Waals surface area (Å²) in [5.41, 5.74) is 0. The second-order valence-electron chi connectivity index (χ2n) is 4.74. The van der Waals surface area contributed by atoms with Gasteiger partial charge in [0.1, 0.15) is 0 Å². The van der Waals surface area contributed by atoms with Gasteiger partial charge >= 0.3 is 0 Å². The lowest BCUT2D eigenvalue weighted by atomic mass is 10.1. The minimum absolute atomic E-state index is 0.0130. The molecular weight excluding hydrogens is 260 g/mol. The number of methoxy groups -OCH3 is 2. The Morgan fingerprint density at radius 1 is 1.35 bits per heavy atom. The molecule has 0 aliphatic carbocycles. The smallest absolute Gasteiger partial charge is 0.232 e. The molecule has 1 aromatic heterocycles. The highest BCUT2D eigenvalue weighted by Gasteiger charge is 2.23. The van der Waals surface area contributed by atoms with Crippen LogP contribution in [0.25, 0.3) is 0 Å². The molecule has 0 saturated carbocycles. The van der Waals surface area contributed by atoms with E-state index >= 15 is 0 Å². The number of piperidine rings is 1. The zero-order valence-corrected chi connectivity index (χ0v) is 12.0. The van der Waals surface area contributed by atoms with E-state index in [9.17, 15) is 4.79 Å². The number of aromatic nitrogens is 2. The first-order valence-electron chi connectivity index (χ1n) is 6.61. The molecule has 0 radical (unpaired) electrons. The average Bonchev–Trinajstić information content (AvgIpc) is 2.46. The number of nitrogens with zero attached hydrogens (tertiary/aromatic N) is 3. The van der Waals surface area contributed by atoms with Gasteiger partial charge in [0.15, 0.2) is 0 Å². The fraction of sp³-hybridized carbons (Fsp3) is 0.615. The van der Waals surface area contributed by atoms with Crippen molar-refractivity contribution in [3.8, 4) is 11.8 Å². The van der Waals surface area contributed by atoms with Gasteiger partial charge < -0.3 is 19.7 Å². The summed E-state index contributed by atoms with van der Waals surface area (Å²) in [5.74, 6) is 1.49. The van der Waals surface area contributed by atoms with E-state index in [0.29, 0.717) is 24.3 Å². The predicted octanol–water partition coefficient (Wildman–Crippen LogP) is 0.599. The second-order valence-corrected chi connectivity index (χ2v) is 4.74. The molecule has 1 saturated heterocycles. The fourth-order valence-electron chi connectivity index (χ4n) is 2.31. The van der Waals surface area contributed by atoms with Crippen LogP contribution in [0.1, 0.15) is 19.8 Å². The van der Waals surface area contributed by atoms with E-state index in [1.54, 1.807) is 20.3 Å². The molecule has 7 nitrogen and oxygen atoms in total. The van der Waals surface area contributed by atoms with E-state index in [4.69, 9.17) is 9.47 Å². The van der Waals surface area contributed by atoms with E-state index in [1.807, 2.05) is 4.90 Å². The molecule has 20 heavy (non-hydrogen) atoms. The second kappa shape index (κ2) is 6.40. The third-order valence-electron chi connectivity index (χ3n) is 3.20. The molecule has 2 heterocycles. The molecule has 1 amide bonds. The number of hydrogen-bond acceptors (Lipinski definition) is 6. The Kier molecular flexibility index (Phi) is 4.60. The average molecular weight is 280 g/mol. The predicted molar refractivity (Wildman–Crippen MR) is 74.2 cm³/mol. The minimum atomic E-state index is -0.0130. The zero-order valence-electron chi connectivity index (χ0n) is 12.0. The van der Waals surface area contributed by atoms with Gasteiger partial charge in [-0.3, -0.25) is 4.79 Å². The standard InChI is InChI=1S/C13H20N4O3/c1-9(18)14-10-5-4-6-17(8-10)13-15-11(19-2)7-12(16-13)20-3/h7,10H,4-6,8H2,1-3H3,(H,14,18). The Labute approximate surface area is 118 Å². The van der Waals surface area contributed by atoms with Crippen molar-refractivity contribution in [1.82, 2.24) is 15.3 Å². The number of hydrogen-bond donors (Lipinski definition) is 1. The fourth-order valence-corrected chi connectivity index (χ4v) is 2.31. The normalized spacial score (nSPS) is 18.6. The van der Waals surface area contributed by atoms with Crippen molar-refractivity contribution in [1.29, 1.82) is 0 Å². The van der Waals surface area contributed by atoms with Crippen LogP contribution in [0.2, 0.25) is 0 Å². The van der Waals surface area contributed by atoms with Crippen LogP contribution in [0.4, 0.5) is 5.95 Å². The van der Waals surface area contributed by atoms with E-state index in [1.165, 1.54) is 6.92 Å². The molecule has 0 spiro atoms. The van der Waals surface area contributed by atoms with Crippen LogP contribution in [0, 0.1) is 0 Å². The monoisotopic (exact) mass is 280 g/mol. The third-order valence-corrected chi connectivity index (χ3v) is 3.20. The first kappa shape index (κ1) is 14.4. The van der Waals surface area contributed by atoms with Crippen molar-refractivity contribution in [2.24, 2.45) is 0 Å². The summed E-state index contributed by atoms with van der Waals surface area (Å²) in [4.78, 5) is 21.9. The molecule has 110 valence electrons. The van der Waals surface area contributed by atoms with E-state index in [0.717, 1.165) is 19.4 Å². The van der Waals surface area contributed by atoms with Gasteiger partial charge in [-0.1, -0.05) is 0 Å². The number of rotatable bonds is 4. The van der Waals surface area contributed by atoms with Crippen molar-refractivity contribution in [2.45, 2.75) is 25.8 Å². The van der Waals surface area contributed by atoms with E-state index in [-0.39, 0.29) is 11.9 Å². The Bertz CT molecular complexity index is 458. The summed E-state index contributed by atoms with van der Waals surface area (Å²) in [6.07, 6.45) is 1.95. The molecule has 1 unspecified atom stereocenters. The van der Waals surface area contributed by atoms with Crippen LogP contribution in [0.5, 0.6) is 11.8 Å². The maximum Gasteiger partial charge on any atom is 0.232 e. The van der Waals surface area contributed by atoms with Gasteiger partial charge in [0, 0.05) is 26.1 Å². The molecule has 1 aliphatic rings. The number of amides is 1. The molecule has 0 aromatic carbocycles. The lowest BCUT2D eigenvalue weighted by Gasteiger charge is -2.33. The van der Waals surface area contributed by atoms with Crippen LogP contribution >= 0.6 is 0 Å². The Morgan fingerprint density at radius 3 is 2.55 bits per heavy atom. The Hall–Kier alpha value is -2.05. The molecule has 7 heteroatoms. The third kappa shape index (κ3) is 3.49. The number of carbonyl (C=O) groups excluding carboxylic acids is 1. The lowest BCUT2D eigenvalue weighted by molar-refractivity contribution is -0.119. The Morgan fingerprint density at radius 2 is 2.00 bits per heavy atom. The summed E-state index contributed by atoms with van der Waals surface area (Å²) < 4.78 is 10.3. The largest absolute Gasteiger partial charge is 0.481 e. The van der Waals surface area contributed by atoms with Crippen molar-refractivity contribution >= 4 is 11.9 Å². The van der Waals surface area contributed by atoms with Crippen LogP contribution in [-0.2, 0) is 4.79 Å². The zero-order chi connectivity index (χ0) is 14.5. The quantitative estimate of drug-likeness (QED) is 0.870. The van der Waals surface area contributed by atoms with Gasteiger partial charge in [0.25, 0.3) is 0 Å². The van der Waals surface area contributed by atoms with Gasteiger partial charge in [-0.25, -0.2) is 0 Å². The molecule has 2 rings (SSSR count). The van der Waals surface area contributed by atoms with Gasteiger partial charge in [0.05, 0.1) is 20.3 Å². The highest BCUT2D eigenvalue weighted by Crippen LogP contribution is 2.22. The highest BCUT2D eigenvalue weighted by molar-refractivity contribution is 5.73. The van der Waals surface area contributed by atoms with Gasteiger partial charge in [-0.2, -0.15) is 9.97 Å². The van der Waals surface area contributed by atoms with Crippen LogP contribution < -0.4 is 19.7 Å². The molecule has 1 atom stereocenters. The van der Waals surface area contributed by atoms with E-state index in [2.05, 4.69) is 15.3 Å². The molecule has 1 fully saturated rings. The summed E-state index contributed by atoms with van der Waals surface area (Å²) in [6.45, 7) is 3.08. The first-order valence-corrected chi connectivity index (χ1v) is 6.61.